The van der Waals surface area contributed by atoms with Gasteiger partial charge in [0.2, 0.25) is 0 Å². The van der Waals surface area contributed by atoms with Crippen molar-refractivity contribution >= 4 is 11.5 Å². The molecular weight excluding hydrogens is 404 g/mol. The average Bonchev–Trinajstić information content (AvgIpc) is 3.22. The van der Waals surface area contributed by atoms with Crippen LogP contribution in [0.25, 0.3) is 16.6 Å². The molecule has 0 radical (unpaired) electrons. The highest BCUT2D eigenvalue weighted by Gasteiger charge is 2.26. The number of aromatic nitrogens is 1. The van der Waals surface area contributed by atoms with Crippen molar-refractivity contribution in [3.63, 3.8) is 0 Å². The van der Waals surface area contributed by atoms with Gasteiger partial charge in [0.15, 0.2) is 0 Å². The molecule has 4 rings (SSSR count). The molecule has 0 spiro atoms. The first kappa shape index (κ1) is 22.4. The van der Waals surface area contributed by atoms with Crippen LogP contribution in [-0.4, -0.2) is 54.8 Å². The summed E-state index contributed by atoms with van der Waals surface area (Å²) in [6.07, 6.45) is 1.92. The van der Waals surface area contributed by atoms with E-state index < -0.39 is 0 Å². The number of carbonyl (C=O) groups is 1. The van der Waals surface area contributed by atoms with Crippen LogP contribution < -0.4 is 4.74 Å². The van der Waals surface area contributed by atoms with Crippen molar-refractivity contribution < 1.29 is 19.0 Å². The van der Waals surface area contributed by atoms with E-state index in [0.717, 1.165) is 60.0 Å². The summed E-state index contributed by atoms with van der Waals surface area (Å²) in [5.41, 5.74) is 5.75. The molecule has 0 amide bonds. The molecule has 0 saturated carbocycles. The Hall–Kier alpha value is -2.83. The molecule has 1 unspecified atom stereocenters. The summed E-state index contributed by atoms with van der Waals surface area (Å²) in [6, 6.07) is 12.2. The number of morpholine rings is 1. The first-order valence-corrected chi connectivity index (χ1v) is 11.2. The van der Waals surface area contributed by atoms with E-state index in [4.69, 9.17) is 14.2 Å². The third kappa shape index (κ3) is 4.25. The SMILES string of the molecule is COc1cccc(-c2ccn3c(C(C)N4CCOCC4)c(C)c(C(=O)OC(C)C)cc23)c1. The Labute approximate surface area is 189 Å². The Morgan fingerprint density at radius 1 is 1.09 bits per heavy atom. The van der Waals surface area contributed by atoms with E-state index in [9.17, 15) is 4.79 Å². The third-order valence-electron chi connectivity index (χ3n) is 6.19. The van der Waals surface area contributed by atoms with E-state index in [1.807, 2.05) is 45.0 Å². The van der Waals surface area contributed by atoms with Gasteiger partial charge in [-0.2, -0.15) is 0 Å². The summed E-state index contributed by atoms with van der Waals surface area (Å²) in [7, 11) is 1.67. The minimum Gasteiger partial charge on any atom is -0.497 e. The fraction of sp³-hybridized carbons (Fsp3) is 0.423. The number of carbonyl (C=O) groups excluding carboxylic acids is 1. The van der Waals surface area contributed by atoms with Gasteiger partial charge in [0.25, 0.3) is 0 Å². The van der Waals surface area contributed by atoms with Gasteiger partial charge in [-0.1, -0.05) is 12.1 Å². The molecule has 1 fully saturated rings. The van der Waals surface area contributed by atoms with E-state index >= 15 is 0 Å². The van der Waals surface area contributed by atoms with E-state index in [-0.39, 0.29) is 18.1 Å². The second-order valence-corrected chi connectivity index (χ2v) is 8.56. The van der Waals surface area contributed by atoms with Gasteiger partial charge in [-0.05, 0) is 63.1 Å². The predicted octanol–water partition coefficient (Wildman–Crippen LogP) is 4.88. The van der Waals surface area contributed by atoms with Gasteiger partial charge >= 0.3 is 5.97 Å². The van der Waals surface area contributed by atoms with Crippen molar-refractivity contribution in [2.45, 2.75) is 39.8 Å². The minimum atomic E-state index is -0.284. The number of nitrogens with zero attached hydrogens (tertiary/aromatic N) is 2. The molecule has 3 heterocycles. The zero-order chi connectivity index (χ0) is 22.8. The molecule has 6 heteroatoms. The van der Waals surface area contributed by atoms with Crippen molar-refractivity contribution in [3.05, 3.63) is 59.4 Å². The second kappa shape index (κ2) is 9.35. The van der Waals surface area contributed by atoms with Crippen molar-refractivity contribution in [2.24, 2.45) is 0 Å². The summed E-state index contributed by atoms with van der Waals surface area (Å²) in [6.45, 7) is 11.2. The van der Waals surface area contributed by atoms with Gasteiger partial charge in [-0.25, -0.2) is 4.79 Å². The standard InChI is InChI=1S/C26H32N2O4/c1-17(2)32-26(29)23-16-24-22(20-7-6-8-21(15-20)30-5)9-10-28(24)25(18(23)3)19(4)27-11-13-31-14-12-27/h6-10,15-17,19H,11-14H2,1-5H3. The number of ether oxygens (including phenoxy) is 3. The summed E-state index contributed by atoms with van der Waals surface area (Å²) in [5.74, 6) is 0.517. The van der Waals surface area contributed by atoms with Gasteiger partial charge in [-0.3, -0.25) is 4.90 Å². The maximum Gasteiger partial charge on any atom is 0.338 e. The van der Waals surface area contributed by atoms with Crippen LogP contribution in [0.5, 0.6) is 5.75 Å². The lowest BCUT2D eigenvalue weighted by atomic mass is 9.99. The van der Waals surface area contributed by atoms with Crippen LogP contribution in [0.2, 0.25) is 0 Å². The Morgan fingerprint density at radius 2 is 1.84 bits per heavy atom. The highest BCUT2D eigenvalue weighted by atomic mass is 16.5. The maximum absolute atomic E-state index is 13.1. The smallest absolute Gasteiger partial charge is 0.338 e. The quantitative estimate of drug-likeness (QED) is 0.516. The molecule has 2 aromatic heterocycles. The molecule has 1 saturated heterocycles. The summed E-state index contributed by atoms with van der Waals surface area (Å²) >= 11 is 0. The number of fused-ring (bicyclic) bond motifs is 1. The topological polar surface area (TPSA) is 52.4 Å². The van der Waals surface area contributed by atoms with Crippen molar-refractivity contribution in [1.82, 2.24) is 9.30 Å². The lowest BCUT2D eigenvalue weighted by molar-refractivity contribution is 0.0186. The van der Waals surface area contributed by atoms with Crippen LogP contribution in [-0.2, 0) is 9.47 Å². The third-order valence-corrected chi connectivity index (χ3v) is 6.19. The summed E-state index contributed by atoms with van der Waals surface area (Å²) < 4.78 is 18.8. The van der Waals surface area contributed by atoms with Gasteiger partial charge < -0.3 is 18.6 Å². The van der Waals surface area contributed by atoms with Crippen LogP contribution in [0.1, 0.15) is 48.4 Å². The number of methoxy groups -OCH3 is 1. The molecule has 0 aliphatic carbocycles. The zero-order valence-corrected chi connectivity index (χ0v) is 19.6. The number of pyridine rings is 1. The molecule has 1 aliphatic heterocycles. The highest BCUT2D eigenvalue weighted by molar-refractivity contribution is 5.95. The van der Waals surface area contributed by atoms with Crippen LogP contribution in [0.15, 0.2) is 42.6 Å². The lowest BCUT2D eigenvalue weighted by Crippen LogP contribution is -2.39. The average molecular weight is 437 g/mol. The molecule has 1 aliphatic rings. The van der Waals surface area contributed by atoms with Crippen molar-refractivity contribution in [1.29, 1.82) is 0 Å². The molecule has 1 aromatic carbocycles. The van der Waals surface area contributed by atoms with Crippen molar-refractivity contribution in [2.75, 3.05) is 33.4 Å². The molecule has 6 nitrogen and oxygen atoms in total. The number of hydrogen-bond donors (Lipinski definition) is 0. The highest BCUT2D eigenvalue weighted by Crippen LogP contribution is 2.35. The first-order valence-electron chi connectivity index (χ1n) is 11.2. The van der Waals surface area contributed by atoms with Crippen LogP contribution >= 0.6 is 0 Å². The van der Waals surface area contributed by atoms with Crippen molar-refractivity contribution in [3.8, 4) is 16.9 Å². The Morgan fingerprint density at radius 3 is 2.53 bits per heavy atom. The van der Waals surface area contributed by atoms with Crippen LogP contribution in [0.4, 0.5) is 0 Å². The molecule has 0 N–H and O–H groups in total. The Bertz CT molecular complexity index is 1110. The largest absolute Gasteiger partial charge is 0.497 e. The van der Waals surface area contributed by atoms with Gasteiger partial charge in [-0.15, -0.1) is 0 Å². The number of esters is 1. The van der Waals surface area contributed by atoms with E-state index in [0.29, 0.717) is 5.56 Å². The Kier molecular flexibility index (Phi) is 6.53. The lowest BCUT2D eigenvalue weighted by Gasteiger charge is -2.34. The minimum absolute atomic E-state index is 0.124. The first-order chi connectivity index (χ1) is 15.4. The number of benzene rings is 1. The van der Waals surface area contributed by atoms with E-state index in [2.05, 4.69) is 34.6 Å². The zero-order valence-electron chi connectivity index (χ0n) is 19.6. The number of rotatable bonds is 6. The fourth-order valence-electron chi connectivity index (χ4n) is 4.54. The molecule has 3 aromatic rings. The van der Waals surface area contributed by atoms with Crippen LogP contribution in [0, 0.1) is 6.92 Å². The monoisotopic (exact) mass is 436 g/mol. The summed E-state index contributed by atoms with van der Waals surface area (Å²) in [4.78, 5) is 15.5. The summed E-state index contributed by atoms with van der Waals surface area (Å²) in [5, 5.41) is 0. The number of hydrogen-bond acceptors (Lipinski definition) is 5. The van der Waals surface area contributed by atoms with Gasteiger partial charge in [0.05, 0.1) is 37.5 Å². The molecule has 170 valence electrons. The van der Waals surface area contributed by atoms with E-state index in [1.165, 1.54) is 0 Å². The molecular formula is C26H32N2O4. The molecule has 0 bridgehead atoms. The normalized spacial score (nSPS) is 15.8. The fourth-order valence-corrected chi connectivity index (χ4v) is 4.54. The van der Waals surface area contributed by atoms with Gasteiger partial charge in [0.1, 0.15) is 5.75 Å². The Balaban J connectivity index is 1.91. The molecule has 1 atom stereocenters. The molecule has 32 heavy (non-hydrogen) atoms. The predicted molar refractivity (Wildman–Crippen MR) is 125 cm³/mol. The van der Waals surface area contributed by atoms with Gasteiger partial charge in [0, 0.05) is 36.6 Å². The second-order valence-electron chi connectivity index (χ2n) is 8.56. The maximum atomic E-state index is 13.1. The van der Waals surface area contributed by atoms with Crippen LogP contribution in [0.3, 0.4) is 0 Å². The van der Waals surface area contributed by atoms with E-state index in [1.54, 1.807) is 7.11 Å².